The second kappa shape index (κ2) is 21.7. The van der Waals surface area contributed by atoms with Crippen LogP contribution in [-0.4, -0.2) is 51.6 Å². The lowest BCUT2D eigenvalue weighted by molar-refractivity contribution is 0.0419. The summed E-state index contributed by atoms with van der Waals surface area (Å²) >= 11 is 0. The Hall–Kier alpha value is -5.32. The first-order chi connectivity index (χ1) is 26.9. The normalized spacial score (nSPS) is 12.3. The number of nitrogens with one attached hydrogen (secondary N) is 3. The van der Waals surface area contributed by atoms with Crippen LogP contribution in [0.2, 0.25) is 0 Å². The minimum atomic E-state index is -0.357. The molecule has 300 valence electrons. The van der Waals surface area contributed by atoms with Gasteiger partial charge in [0, 0.05) is 28.9 Å². The second-order valence-corrected chi connectivity index (χ2v) is 15.4. The summed E-state index contributed by atoms with van der Waals surface area (Å²) in [6.07, 6.45) is 8.90. The molecule has 0 aliphatic heterocycles. The smallest absolute Gasteiger partial charge is 0.338 e. The molecule has 56 heavy (non-hydrogen) atoms. The van der Waals surface area contributed by atoms with E-state index in [4.69, 9.17) is 19.4 Å². The number of hydrogen-bond acceptors (Lipinski definition) is 10. The molecule has 3 aromatic carbocycles. The molecule has 11 heteroatoms. The maximum absolute atomic E-state index is 12.8. The van der Waals surface area contributed by atoms with Crippen LogP contribution < -0.4 is 16.0 Å². The summed E-state index contributed by atoms with van der Waals surface area (Å²) in [6, 6.07) is 21.4. The van der Waals surface area contributed by atoms with Crippen molar-refractivity contribution in [2.75, 3.05) is 23.8 Å². The summed E-state index contributed by atoms with van der Waals surface area (Å²) in [6.45, 7) is 15.2. The first-order valence-corrected chi connectivity index (χ1v) is 20.1. The van der Waals surface area contributed by atoms with Crippen molar-refractivity contribution < 1.29 is 23.9 Å². The highest BCUT2D eigenvalue weighted by Crippen LogP contribution is 2.22. The molecule has 0 saturated heterocycles. The predicted molar refractivity (Wildman–Crippen MR) is 223 cm³/mol. The molecular weight excluding hydrogens is 705 g/mol. The van der Waals surface area contributed by atoms with E-state index in [2.05, 4.69) is 48.6 Å². The van der Waals surface area contributed by atoms with E-state index in [0.717, 1.165) is 56.9 Å². The molecule has 4 aromatic rings. The largest absolute Gasteiger partial charge is 0.462 e. The van der Waals surface area contributed by atoms with E-state index >= 15 is 0 Å². The highest BCUT2D eigenvalue weighted by atomic mass is 16.5. The van der Waals surface area contributed by atoms with Gasteiger partial charge in [0.05, 0.1) is 24.3 Å². The van der Waals surface area contributed by atoms with Crippen molar-refractivity contribution in [2.45, 2.75) is 112 Å². The van der Waals surface area contributed by atoms with E-state index < -0.39 is 0 Å². The molecule has 0 aliphatic rings. The quantitative estimate of drug-likeness (QED) is 0.0701. The molecule has 3 N–H and O–H groups in total. The van der Waals surface area contributed by atoms with Gasteiger partial charge in [-0.1, -0.05) is 78.4 Å². The third kappa shape index (κ3) is 14.4. The summed E-state index contributed by atoms with van der Waals surface area (Å²) in [4.78, 5) is 52.3. The summed E-state index contributed by atoms with van der Waals surface area (Å²) in [5, 5.41) is 9.46. The van der Waals surface area contributed by atoms with Crippen LogP contribution in [0.3, 0.4) is 0 Å². The Balaban J connectivity index is 1.50. The zero-order valence-electron chi connectivity index (χ0n) is 34.2. The molecular formula is C45H60N6O5. The van der Waals surface area contributed by atoms with Crippen LogP contribution >= 0.6 is 0 Å². The lowest BCUT2D eigenvalue weighted by Gasteiger charge is -2.20. The van der Waals surface area contributed by atoms with Gasteiger partial charge in [-0.05, 0) is 112 Å². The molecule has 1 heterocycles. The fraction of sp³-hybridized carbons (Fsp3) is 0.467. The Morgan fingerprint density at radius 3 is 1.45 bits per heavy atom. The zero-order chi connectivity index (χ0) is 40.5. The van der Waals surface area contributed by atoms with Gasteiger partial charge in [0.25, 0.3) is 5.91 Å². The maximum Gasteiger partial charge on any atom is 0.338 e. The topological polar surface area (TPSA) is 144 Å². The van der Waals surface area contributed by atoms with E-state index in [-0.39, 0.29) is 23.4 Å². The van der Waals surface area contributed by atoms with Crippen molar-refractivity contribution in [3.8, 4) is 0 Å². The average molecular weight is 765 g/mol. The number of hydrogen-bond donors (Lipinski definition) is 3. The van der Waals surface area contributed by atoms with Crippen LogP contribution in [0, 0.1) is 11.8 Å². The van der Waals surface area contributed by atoms with Gasteiger partial charge in [-0.15, -0.1) is 0 Å². The molecule has 0 saturated carbocycles. The molecule has 11 nitrogen and oxygen atoms in total. The van der Waals surface area contributed by atoms with E-state index in [1.165, 1.54) is 0 Å². The fourth-order valence-corrected chi connectivity index (χ4v) is 5.97. The van der Waals surface area contributed by atoms with Gasteiger partial charge in [0.1, 0.15) is 5.82 Å². The Morgan fingerprint density at radius 2 is 1.04 bits per heavy atom. The Morgan fingerprint density at radius 1 is 0.607 bits per heavy atom. The van der Waals surface area contributed by atoms with Gasteiger partial charge in [-0.25, -0.2) is 9.59 Å². The van der Waals surface area contributed by atoms with Crippen LogP contribution in [-0.2, 0) is 15.9 Å². The van der Waals surface area contributed by atoms with Gasteiger partial charge >= 0.3 is 11.9 Å². The number of amides is 1. The van der Waals surface area contributed by atoms with Gasteiger partial charge in [0.15, 0.2) is 0 Å². The monoisotopic (exact) mass is 764 g/mol. The molecule has 1 amide bonds. The molecule has 0 aliphatic carbocycles. The number of benzene rings is 3. The lowest BCUT2D eigenvalue weighted by Crippen LogP contribution is -2.40. The number of rotatable bonds is 21. The third-order valence-electron chi connectivity index (χ3n) is 9.49. The van der Waals surface area contributed by atoms with Gasteiger partial charge < -0.3 is 25.4 Å². The first kappa shape index (κ1) is 43.4. The summed E-state index contributed by atoms with van der Waals surface area (Å²) in [5.74, 6) is 0.965. The molecule has 2 atom stereocenters. The summed E-state index contributed by atoms with van der Waals surface area (Å²) in [5.41, 5.74) is 3.40. The summed E-state index contributed by atoms with van der Waals surface area (Å²) in [7, 11) is 0. The van der Waals surface area contributed by atoms with Crippen LogP contribution in [0.15, 0.2) is 72.8 Å². The van der Waals surface area contributed by atoms with Crippen molar-refractivity contribution in [3.05, 3.63) is 101 Å². The second-order valence-electron chi connectivity index (χ2n) is 15.4. The van der Waals surface area contributed by atoms with E-state index in [1.54, 1.807) is 60.7 Å². The van der Waals surface area contributed by atoms with Crippen LogP contribution in [0.4, 0.5) is 23.3 Å². The molecule has 1 aromatic heterocycles. The van der Waals surface area contributed by atoms with Crippen LogP contribution in [0.25, 0.3) is 0 Å². The van der Waals surface area contributed by atoms with Crippen LogP contribution in [0.1, 0.15) is 142 Å². The van der Waals surface area contributed by atoms with Crippen molar-refractivity contribution in [1.82, 2.24) is 20.3 Å². The average Bonchev–Trinajstić information content (AvgIpc) is 3.18. The van der Waals surface area contributed by atoms with E-state index in [9.17, 15) is 14.4 Å². The van der Waals surface area contributed by atoms with Crippen molar-refractivity contribution in [3.63, 3.8) is 0 Å². The number of esters is 2. The molecule has 0 spiro atoms. The highest BCUT2D eigenvalue weighted by Gasteiger charge is 2.17. The number of unbranched alkanes of at least 4 members (excludes halogenated alkanes) is 2. The minimum Gasteiger partial charge on any atom is -0.462 e. The van der Waals surface area contributed by atoms with Crippen molar-refractivity contribution in [2.24, 2.45) is 11.8 Å². The van der Waals surface area contributed by atoms with Crippen molar-refractivity contribution in [1.29, 1.82) is 0 Å². The number of anilines is 4. The zero-order valence-corrected chi connectivity index (χ0v) is 34.2. The number of nitrogens with zero attached hydrogens (tertiary/aromatic N) is 3. The van der Waals surface area contributed by atoms with Gasteiger partial charge in [0.2, 0.25) is 11.9 Å². The maximum atomic E-state index is 12.8. The van der Waals surface area contributed by atoms with Gasteiger partial charge in [-0.2, -0.15) is 15.0 Å². The Labute approximate surface area is 332 Å². The number of carbonyl (C=O) groups is 3. The lowest BCUT2D eigenvalue weighted by atomic mass is 10.0. The standard InChI is InChI=1S/C45H60N6O5/c1-8-12-14-31(10-3)29-55-41(53)35-18-16-33(17-19-35)28-39-48-43(46-37-24-20-34(21-25-37)40(52)51-45(5,6)7)50-44(49-39)47-38-26-22-36(23-27-38)42(54)56-30-32(11-4)15-13-9-2/h16-27,31-32H,8-15,28-30H2,1-7H3,(H,51,52)(H2,46,47,48,49,50). The predicted octanol–water partition coefficient (Wildman–Crippen LogP) is 10.2. The number of aromatic nitrogens is 3. The number of ether oxygens (including phenoxy) is 2. The first-order valence-electron chi connectivity index (χ1n) is 20.1. The highest BCUT2D eigenvalue weighted by molar-refractivity contribution is 5.95. The fourth-order valence-electron chi connectivity index (χ4n) is 5.97. The minimum absolute atomic E-state index is 0.161. The number of carbonyl (C=O) groups excluding carboxylic acids is 3. The molecule has 0 radical (unpaired) electrons. The molecule has 2 unspecified atom stereocenters. The Bertz CT molecular complexity index is 1740. The van der Waals surface area contributed by atoms with Gasteiger partial charge in [-0.3, -0.25) is 4.79 Å². The molecule has 0 fully saturated rings. The van der Waals surface area contributed by atoms with E-state index in [1.807, 2.05) is 32.9 Å². The SMILES string of the molecule is CCCCC(CC)COC(=O)c1ccc(Cc2nc(Nc3ccc(C(=O)NC(C)(C)C)cc3)nc(Nc3ccc(C(=O)OCC(CC)CCCC)cc3)n2)cc1. The third-order valence-corrected chi connectivity index (χ3v) is 9.49. The van der Waals surface area contributed by atoms with Crippen LogP contribution in [0.5, 0.6) is 0 Å². The van der Waals surface area contributed by atoms with Crippen molar-refractivity contribution >= 4 is 41.1 Å². The summed E-state index contributed by atoms with van der Waals surface area (Å²) < 4.78 is 11.3. The Kier molecular flexibility index (Phi) is 16.8. The molecule has 4 rings (SSSR count). The van der Waals surface area contributed by atoms with E-state index in [0.29, 0.717) is 77.3 Å². The molecule has 0 bridgehead atoms.